The maximum absolute atomic E-state index is 14.0. The molecule has 0 atom stereocenters. The molecule has 3 amide bonds. The van der Waals surface area contributed by atoms with Gasteiger partial charge in [0.05, 0.1) is 30.1 Å². The lowest BCUT2D eigenvalue weighted by Crippen LogP contribution is -2.31. The van der Waals surface area contributed by atoms with E-state index in [0.717, 1.165) is 12.1 Å². The van der Waals surface area contributed by atoms with Crippen LogP contribution in [-0.4, -0.2) is 33.7 Å². The van der Waals surface area contributed by atoms with E-state index in [-0.39, 0.29) is 17.9 Å². The minimum atomic E-state index is -0.873. The number of H-pyrrole nitrogens is 1. The van der Waals surface area contributed by atoms with Crippen LogP contribution in [0.4, 0.5) is 13.6 Å². The van der Waals surface area contributed by atoms with Crippen LogP contribution in [0.2, 0.25) is 0 Å². The van der Waals surface area contributed by atoms with Crippen molar-refractivity contribution in [1.82, 2.24) is 20.0 Å². The summed E-state index contributed by atoms with van der Waals surface area (Å²) in [6.07, 6.45) is 1.23. The molecule has 8 nitrogen and oxygen atoms in total. The number of benzene rings is 2. The summed E-state index contributed by atoms with van der Waals surface area (Å²) < 4.78 is 34.4. The summed E-state index contributed by atoms with van der Waals surface area (Å²) in [7, 11) is 1.45. The highest BCUT2D eigenvalue weighted by Gasteiger charge is 2.35. The smallest absolute Gasteiger partial charge is 0.329 e. The number of urea groups is 1. The minimum absolute atomic E-state index is 0.0421. The van der Waals surface area contributed by atoms with Crippen LogP contribution in [0.25, 0.3) is 11.8 Å². The Bertz CT molecular complexity index is 1260. The van der Waals surface area contributed by atoms with Crippen LogP contribution in [0.15, 0.2) is 59.0 Å². The van der Waals surface area contributed by atoms with Gasteiger partial charge in [0.1, 0.15) is 17.3 Å². The molecule has 32 heavy (non-hydrogen) atoms. The number of nitrogens with zero attached hydrogens (tertiary/aromatic N) is 2. The van der Waals surface area contributed by atoms with E-state index < -0.39 is 41.2 Å². The van der Waals surface area contributed by atoms with Crippen molar-refractivity contribution in [1.29, 1.82) is 0 Å². The van der Waals surface area contributed by atoms with E-state index in [9.17, 15) is 23.2 Å². The summed E-state index contributed by atoms with van der Waals surface area (Å²) in [4.78, 5) is 38.8. The second-order valence-electron chi connectivity index (χ2n) is 6.99. The van der Waals surface area contributed by atoms with Crippen LogP contribution in [0, 0.1) is 11.6 Å². The van der Waals surface area contributed by atoms with Crippen LogP contribution >= 0.6 is 0 Å². The van der Waals surface area contributed by atoms with E-state index in [2.05, 4.69) is 10.4 Å². The van der Waals surface area contributed by atoms with Gasteiger partial charge in [0.25, 0.3) is 11.5 Å². The summed E-state index contributed by atoms with van der Waals surface area (Å²) in [5.74, 6) is -2.56. The van der Waals surface area contributed by atoms with E-state index in [0.29, 0.717) is 16.3 Å². The number of aromatic nitrogens is 2. The molecule has 2 heterocycles. The van der Waals surface area contributed by atoms with Gasteiger partial charge in [-0.2, -0.15) is 0 Å². The van der Waals surface area contributed by atoms with E-state index in [1.54, 1.807) is 30.3 Å². The first-order valence-corrected chi connectivity index (χ1v) is 9.56. The number of rotatable bonds is 6. The van der Waals surface area contributed by atoms with Gasteiger partial charge in [0.2, 0.25) is 0 Å². The third-order valence-corrected chi connectivity index (χ3v) is 4.94. The van der Waals surface area contributed by atoms with Gasteiger partial charge in [-0.1, -0.05) is 24.3 Å². The number of methoxy groups -OCH3 is 1. The fourth-order valence-corrected chi connectivity index (χ4v) is 3.36. The fourth-order valence-electron chi connectivity index (χ4n) is 3.36. The van der Waals surface area contributed by atoms with Gasteiger partial charge in [0, 0.05) is 12.7 Å². The maximum Gasteiger partial charge on any atom is 0.329 e. The molecule has 10 heteroatoms. The monoisotopic (exact) mass is 440 g/mol. The molecule has 0 spiro atoms. The molecule has 0 aliphatic carbocycles. The number of nitrogens with one attached hydrogen (secondary N) is 2. The van der Waals surface area contributed by atoms with Crippen molar-refractivity contribution in [3.05, 3.63) is 93.0 Å². The Morgan fingerprint density at radius 2 is 1.69 bits per heavy atom. The maximum atomic E-state index is 14.0. The molecule has 4 rings (SSSR count). The Morgan fingerprint density at radius 1 is 1.00 bits per heavy atom. The number of hydrogen-bond acceptors (Lipinski definition) is 4. The van der Waals surface area contributed by atoms with Crippen LogP contribution in [0.3, 0.4) is 0 Å². The number of carbonyl (C=O) groups is 2. The van der Waals surface area contributed by atoms with Crippen molar-refractivity contribution < 1.29 is 23.1 Å². The van der Waals surface area contributed by atoms with E-state index >= 15 is 0 Å². The molecule has 164 valence electrons. The molecule has 1 aliphatic heterocycles. The van der Waals surface area contributed by atoms with Gasteiger partial charge >= 0.3 is 6.03 Å². The standard InChI is InChI=1S/C22H18F2N4O4/c1-32-12-19-14(20(29)28(26-19)13-6-3-2-4-7-13)10-18-21(30)27(22(31)25-18)11-15-16(23)8-5-9-17(15)24/h2-10,26H,11-12H2,1H3,(H,25,31)/b18-10-. The Hall–Kier alpha value is -4.05. The highest BCUT2D eigenvalue weighted by Crippen LogP contribution is 2.21. The van der Waals surface area contributed by atoms with Crippen LogP contribution < -0.4 is 10.9 Å². The molecule has 0 bridgehead atoms. The number of ether oxygens (including phenoxy) is 1. The Balaban J connectivity index is 1.70. The van der Waals surface area contributed by atoms with Crippen molar-refractivity contribution in [2.75, 3.05) is 7.11 Å². The van der Waals surface area contributed by atoms with Gasteiger partial charge in [-0.3, -0.25) is 19.6 Å². The molecule has 2 N–H and O–H groups in total. The first-order chi connectivity index (χ1) is 15.4. The summed E-state index contributed by atoms with van der Waals surface area (Å²) in [5, 5.41) is 5.29. The Labute approximate surface area is 180 Å². The van der Waals surface area contributed by atoms with Crippen LogP contribution in [-0.2, 0) is 22.7 Å². The van der Waals surface area contributed by atoms with E-state index in [1.165, 1.54) is 23.9 Å². The molecule has 1 fully saturated rings. The summed E-state index contributed by atoms with van der Waals surface area (Å²) in [5.41, 5.74) is -0.00655. The molecule has 0 saturated carbocycles. The normalized spacial score (nSPS) is 15.0. The van der Waals surface area contributed by atoms with Gasteiger partial charge in [-0.05, 0) is 30.3 Å². The third-order valence-electron chi connectivity index (χ3n) is 4.94. The van der Waals surface area contributed by atoms with E-state index in [4.69, 9.17) is 4.74 Å². The quantitative estimate of drug-likeness (QED) is 0.455. The van der Waals surface area contributed by atoms with Crippen molar-refractivity contribution in [3.8, 4) is 5.69 Å². The summed E-state index contributed by atoms with van der Waals surface area (Å²) in [6, 6.07) is 11.2. The number of carbonyl (C=O) groups excluding carboxylic acids is 2. The Kier molecular flexibility index (Phi) is 5.69. The summed E-state index contributed by atoms with van der Waals surface area (Å²) >= 11 is 0. The number of halogens is 2. The fraction of sp³-hybridized carbons (Fsp3) is 0.136. The zero-order valence-corrected chi connectivity index (χ0v) is 16.9. The van der Waals surface area contributed by atoms with Gasteiger partial charge < -0.3 is 10.1 Å². The predicted octanol–water partition coefficient (Wildman–Crippen LogP) is 2.68. The molecule has 0 radical (unpaired) electrons. The molecule has 2 aromatic carbocycles. The average Bonchev–Trinajstić information content (AvgIpc) is 3.22. The second-order valence-corrected chi connectivity index (χ2v) is 6.99. The molecule has 1 aliphatic rings. The van der Waals surface area contributed by atoms with E-state index in [1.807, 2.05) is 0 Å². The highest BCUT2D eigenvalue weighted by atomic mass is 19.1. The zero-order valence-electron chi connectivity index (χ0n) is 16.9. The number of amides is 3. The molecular formula is C22H18F2N4O4. The third kappa shape index (κ3) is 3.83. The minimum Gasteiger partial charge on any atom is -0.378 e. The molecule has 1 aromatic heterocycles. The van der Waals surface area contributed by atoms with Crippen LogP contribution in [0.5, 0.6) is 0 Å². The number of imide groups is 1. The molecule has 1 saturated heterocycles. The molecule has 3 aromatic rings. The zero-order chi connectivity index (χ0) is 22.8. The number of aromatic amines is 1. The van der Waals surface area contributed by atoms with Crippen molar-refractivity contribution in [2.45, 2.75) is 13.2 Å². The SMILES string of the molecule is COCc1[nH]n(-c2ccccc2)c(=O)c1/C=C1\NC(=O)N(Cc2c(F)cccc2F)C1=O. The Morgan fingerprint density at radius 3 is 2.34 bits per heavy atom. The van der Waals surface area contributed by atoms with Crippen LogP contribution in [0.1, 0.15) is 16.8 Å². The van der Waals surface area contributed by atoms with Gasteiger partial charge in [-0.15, -0.1) is 0 Å². The lowest BCUT2D eigenvalue weighted by Gasteiger charge is -2.13. The molecule has 0 unspecified atom stereocenters. The first kappa shape index (κ1) is 21.2. The second kappa shape index (κ2) is 8.60. The van der Waals surface area contributed by atoms with Crippen molar-refractivity contribution >= 4 is 18.0 Å². The number of para-hydroxylation sites is 1. The largest absolute Gasteiger partial charge is 0.378 e. The highest BCUT2D eigenvalue weighted by molar-refractivity contribution is 6.13. The first-order valence-electron chi connectivity index (χ1n) is 9.56. The predicted molar refractivity (Wildman–Crippen MR) is 111 cm³/mol. The van der Waals surface area contributed by atoms with Crippen molar-refractivity contribution in [3.63, 3.8) is 0 Å². The van der Waals surface area contributed by atoms with Gasteiger partial charge in [-0.25, -0.2) is 18.3 Å². The lowest BCUT2D eigenvalue weighted by atomic mass is 10.1. The average molecular weight is 440 g/mol. The summed E-state index contributed by atoms with van der Waals surface area (Å²) in [6.45, 7) is -0.548. The topological polar surface area (TPSA) is 96.4 Å². The van der Waals surface area contributed by atoms with Crippen molar-refractivity contribution in [2.24, 2.45) is 0 Å². The van der Waals surface area contributed by atoms with Gasteiger partial charge in [0.15, 0.2) is 0 Å². The lowest BCUT2D eigenvalue weighted by molar-refractivity contribution is -0.123. The number of hydrogen-bond donors (Lipinski definition) is 2. The molecular weight excluding hydrogens is 422 g/mol.